The van der Waals surface area contributed by atoms with Crippen LogP contribution < -0.4 is 10.9 Å². The van der Waals surface area contributed by atoms with Gasteiger partial charge in [-0.2, -0.15) is 0 Å². The van der Waals surface area contributed by atoms with Crippen LogP contribution in [-0.2, 0) is 9.53 Å². The number of ether oxygens (including phenoxy) is 1. The smallest absolute Gasteiger partial charge is 0.342 e. The number of nitrogens with one attached hydrogen (secondary N) is 1. The lowest BCUT2D eigenvalue weighted by molar-refractivity contribution is -0.124. The van der Waals surface area contributed by atoms with Crippen LogP contribution in [0.1, 0.15) is 28.6 Å². The number of likely N-dealkylation sites (N-methyl/N-ethyl adjacent to an activating group) is 1. The zero-order valence-electron chi connectivity index (χ0n) is 10.5. The summed E-state index contributed by atoms with van der Waals surface area (Å²) >= 11 is 0. The molecule has 1 rings (SSSR count). The average molecular weight is 253 g/mol. The Kier molecular flexibility index (Phi) is 4.65. The molecule has 0 aliphatic heterocycles. The van der Waals surface area contributed by atoms with Crippen molar-refractivity contribution in [2.24, 2.45) is 0 Å². The van der Waals surface area contributed by atoms with E-state index in [1.54, 1.807) is 13.8 Å². The molecule has 1 N–H and O–H groups in total. The molecular formula is C12H15NO5. The van der Waals surface area contributed by atoms with E-state index in [-0.39, 0.29) is 23.8 Å². The monoisotopic (exact) mass is 253 g/mol. The maximum atomic E-state index is 11.7. The number of carbonyl (C=O) groups is 2. The number of hydrogen-bond donors (Lipinski definition) is 1. The lowest BCUT2D eigenvalue weighted by Crippen LogP contribution is -2.28. The summed E-state index contributed by atoms with van der Waals surface area (Å²) in [6, 6.07) is 1.20. The summed E-state index contributed by atoms with van der Waals surface area (Å²) in [5.41, 5.74) is 0.119. The molecule has 0 saturated carbocycles. The molecule has 1 aromatic heterocycles. The molecule has 0 radical (unpaired) electrons. The molecule has 1 heterocycles. The third kappa shape index (κ3) is 3.44. The highest BCUT2D eigenvalue weighted by Gasteiger charge is 2.17. The number of carbonyl (C=O) groups excluding carboxylic acids is 2. The van der Waals surface area contributed by atoms with Crippen molar-refractivity contribution < 1.29 is 18.7 Å². The molecule has 18 heavy (non-hydrogen) atoms. The van der Waals surface area contributed by atoms with E-state index in [2.05, 4.69) is 5.32 Å². The second-order valence-corrected chi connectivity index (χ2v) is 3.71. The number of rotatable bonds is 4. The molecule has 0 saturated heterocycles. The summed E-state index contributed by atoms with van der Waals surface area (Å²) in [5, 5.41) is 2.50. The van der Waals surface area contributed by atoms with Crippen molar-refractivity contribution in [3.8, 4) is 0 Å². The molecule has 0 spiro atoms. The standard InChI is InChI=1S/C12H15NO5/c1-4-13-9(14)6-17-12(16)11-7(2)5-10(15)18-8(11)3/h5H,4,6H2,1-3H3,(H,13,14). The summed E-state index contributed by atoms with van der Waals surface area (Å²) in [4.78, 5) is 33.9. The van der Waals surface area contributed by atoms with Crippen LogP contribution in [0.3, 0.4) is 0 Å². The van der Waals surface area contributed by atoms with Gasteiger partial charge in [0.2, 0.25) is 0 Å². The quantitative estimate of drug-likeness (QED) is 0.792. The van der Waals surface area contributed by atoms with E-state index in [1.807, 2.05) is 0 Å². The Morgan fingerprint density at radius 2 is 2.06 bits per heavy atom. The highest BCUT2D eigenvalue weighted by Crippen LogP contribution is 2.12. The van der Waals surface area contributed by atoms with Gasteiger partial charge in [-0.05, 0) is 26.3 Å². The Hall–Kier alpha value is -2.11. The Morgan fingerprint density at radius 1 is 1.39 bits per heavy atom. The maximum Gasteiger partial charge on any atom is 0.342 e. The lowest BCUT2D eigenvalue weighted by Gasteiger charge is -2.08. The zero-order chi connectivity index (χ0) is 13.7. The van der Waals surface area contributed by atoms with Gasteiger partial charge in [0.15, 0.2) is 6.61 Å². The largest absolute Gasteiger partial charge is 0.452 e. The maximum absolute atomic E-state index is 11.7. The fourth-order valence-electron chi connectivity index (χ4n) is 1.51. The SMILES string of the molecule is CCNC(=O)COC(=O)c1c(C)cc(=O)oc1C. The predicted octanol–water partition coefficient (Wildman–Crippen LogP) is 0.550. The highest BCUT2D eigenvalue weighted by molar-refractivity contribution is 5.93. The van der Waals surface area contributed by atoms with Crippen LogP contribution in [0.25, 0.3) is 0 Å². The minimum Gasteiger partial charge on any atom is -0.452 e. The molecule has 0 unspecified atom stereocenters. The molecular weight excluding hydrogens is 238 g/mol. The van der Waals surface area contributed by atoms with E-state index in [9.17, 15) is 14.4 Å². The molecule has 0 aromatic carbocycles. The van der Waals surface area contributed by atoms with E-state index >= 15 is 0 Å². The van der Waals surface area contributed by atoms with Crippen molar-refractivity contribution in [1.82, 2.24) is 5.32 Å². The first-order valence-corrected chi connectivity index (χ1v) is 5.50. The molecule has 0 fully saturated rings. The van der Waals surface area contributed by atoms with E-state index in [0.29, 0.717) is 12.1 Å². The predicted molar refractivity (Wildman–Crippen MR) is 63.4 cm³/mol. The summed E-state index contributed by atoms with van der Waals surface area (Å²) in [6.07, 6.45) is 0. The molecule has 98 valence electrons. The van der Waals surface area contributed by atoms with Crippen LogP contribution in [0, 0.1) is 13.8 Å². The number of amides is 1. The average Bonchev–Trinajstić information content (AvgIpc) is 2.25. The van der Waals surface area contributed by atoms with Crippen LogP contribution in [0.2, 0.25) is 0 Å². The Labute approximate surface area is 104 Å². The van der Waals surface area contributed by atoms with Gasteiger partial charge in [-0.1, -0.05) is 0 Å². The van der Waals surface area contributed by atoms with Gasteiger partial charge < -0.3 is 14.5 Å². The molecule has 6 heteroatoms. The molecule has 0 bridgehead atoms. The number of hydrogen-bond acceptors (Lipinski definition) is 5. The van der Waals surface area contributed by atoms with Crippen molar-refractivity contribution in [2.45, 2.75) is 20.8 Å². The number of esters is 1. The second kappa shape index (κ2) is 6.00. The topological polar surface area (TPSA) is 85.6 Å². The van der Waals surface area contributed by atoms with Crippen molar-refractivity contribution in [3.63, 3.8) is 0 Å². The van der Waals surface area contributed by atoms with Gasteiger partial charge in [-0.3, -0.25) is 4.79 Å². The molecule has 6 nitrogen and oxygen atoms in total. The summed E-state index contributed by atoms with van der Waals surface area (Å²) in [7, 11) is 0. The van der Waals surface area contributed by atoms with Crippen molar-refractivity contribution in [1.29, 1.82) is 0 Å². The molecule has 0 aliphatic rings. The second-order valence-electron chi connectivity index (χ2n) is 3.71. The molecule has 0 atom stereocenters. The molecule has 1 amide bonds. The van der Waals surface area contributed by atoms with Crippen molar-refractivity contribution in [3.05, 3.63) is 33.4 Å². The van der Waals surface area contributed by atoms with E-state index in [4.69, 9.17) is 9.15 Å². The van der Waals surface area contributed by atoms with Crippen molar-refractivity contribution in [2.75, 3.05) is 13.2 Å². The Bertz CT molecular complexity index is 491. The summed E-state index contributed by atoms with van der Waals surface area (Å²) in [6.45, 7) is 4.98. The first-order valence-electron chi connectivity index (χ1n) is 5.50. The summed E-state index contributed by atoms with van der Waals surface area (Å²) in [5.74, 6) is -0.876. The van der Waals surface area contributed by atoms with Gasteiger partial charge in [0.1, 0.15) is 11.3 Å². The van der Waals surface area contributed by atoms with Crippen LogP contribution >= 0.6 is 0 Å². The fourth-order valence-corrected chi connectivity index (χ4v) is 1.51. The Morgan fingerprint density at radius 3 is 2.61 bits per heavy atom. The first-order chi connectivity index (χ1) is 8.45. The van der Waals surface area contributed by atoms with E-state index < -0.39 is 11.6 Å². The van der Waals surface area contributed by atoms with E-state index in [0.717, 1.165) is 0 Å². The minimum absolute atomic E-state index is 0.180. The normalized spacial score (nSPS) is 9.94. The van der Waals surface area contributed by atoms with Crippen LogP contribution in [0.4, 0.5) is 0 Å². The minimum atomic E-state index is -0.681. The van der Waals surface area contributed by atoms with Crippen LogP contribution in [-0.4, -0.2) is 25.0 Å². The van der Waals surface area contributed by atoms with Gasteiger partial charge in [-0.25, -0.2) is 9.59 Å². The zero-order valence-corrected chi connectivity index (χ0v) is 10.5. The first kappa shape index (κ1) is 14.0. The third-order valence-corrected chi connectivity index (χ3v) is 2.25. The highest BCUT2D eigenvalue weighted by atomic mass is 16.5. The van der Waals surface area contributed by atoms with Gasteiger partial charge in [0, 0.05) is 12.6 Å². The van der Waals surface area contributed by atoms with E-state index in [1.165, 1.54) is 13.0 Å². The molecule has 0 aliphatic carbocycles. The van der Waals surface area contributed by atoms with Crippen molar-refractivity contribution >= 4 is 11.9 Å². The number of aryl methyl sites for hydroxylation is 2. The van der Waals surface area contributed by atoms with Gasteiger partial charge in [0.05, 0.1) is 0 Å². The fraction of sp³-hybridized carbons (Fsp3) is 0.417. The van der Waals surface area contributed by atoms with Crippen LogP contribution in [0.5, 0.6) is 0 Å². The van der Waals surface area contributed by atoms with Gasteiger partial charge in [-0.15, -0.1) is 0 Å². The van der Waals surface area contributed by atoms with Gasteiger partial charge in [0.25, 0.3) is 5.91 Å². The lowest BCUT2D eigenvalue weighted by atomic mass is 10.1. The summed E-state index contributed by atoms with van der Waals surface area (Å²) < 4.78 is 9.64. The van der Waals surface area contributed by atoms with Gasteiger partial charge >= 0.3 is 11.6 Å². The third-order valence-electron chi connectivity index (χ3n) is 2.25. The van der Waals surface area contributed by atoms with Crippen LogP contribution in [0.15, 0.2) is 15.3 Å². The Balaban J connectivity index is 2.79. The molecule has 1 aromatic rings.